The minimum absolute atomic E-state index is 0.0896. The van der Waals surface area contributed by atoms with Crippen molar-refractivity contribution in [3.05, 3.63) is 42.6 Å². The van der Waals surface area contributed by atoms with Gasteiger partial charge < -0.3 is 10.8 Å². The monoisotopic (exact) mass is 230 g/mol. The molecule has 0 aromatic carbocycles. The smallest absolute Gasteiger partial charge is 0.328 e. The zero-order valence-electron chi connectivity index (χ0n) is 8.82. The second-order valence-corrected chi connectivity index (χ2v) is 3.35. The van der Waals surface area contributed by atoms with E-state index in [9.17, 15) is 4.79 Å². The second-order valence-electron chi connectivity index (χ2n) is 3.35. The van der Waals surface area contributed by atoms with Crippen molar-refractivity contribution in [1.82, 2.24) is 15.0 Å². The summed E-state index contributed by atoms with van der Waals surface area (Å²) < 4.78 is 0. The Labute approximate surface area is 97.2 Å². The van der Waals surface area contributed by atoms with Crippen molar-refractivity contribution in [3.63, 3.8) is 0 Å². The van der Waals surface area contributed by atoms with Crippen LogP contribution < -0.4 is 5.73 Å². The Bertz CT molecular complexity index is 530. The number of carbonyl (C=O) groups is 1. The number of hydrogen-bond acceptors (Lipinski definition) is 5. The summed E-state index contributed by atoms with van der Waals surface area (Å²) in [5.74, 6) is -1.07. The van der Waals surface area contributed by atoms with Gasteiger partial charge in [0.25, 0.3) is 0 Å². The lowest BCUT2D eigenvalue weighted by atomic mass is 10.2. The van der Waals surface area contributed by atoms with Gasteiger partial charge in [0.15, 0.2) is 11.9 Å². The Hall–Kier alpha value is -2.34. The lowest BCUT2D eigenvalue weighted by Gasteiger charge is -2.06. The van der Waals surface area contributed by atoms with Crippen LogP contribution in [0.3, 0.4) is 0 Å². The van der Waals surface area contributed by atoms with Crippen LogP contribution in [0.2, 0.25) is 0 Å². The molecule has 0 spiro atoms. The fourth-order valence-corrected chi connectivity index (χ4v) is 1.32. The van der Waals surface area contributed by atoms with Crippen LogP contribution >= 0.6 is 0 Å². The van der Waals surface area contributed by atoms with Crippen LogP contribution in [-0.2, 0) is 4.79 Å². The van der Waals surface area contributed by atoms with E-state index in [1.165, 1.54) is 6.20 Å². The minimum Gasteiger partial charge on any atom is -0.480 e. The number of carboxylic acids is 1. The van der Waals surface area contributed by atoms with E-state index >= 15 is 0 Å². The lowest BCUT2D eigenvalue weighted by molar-refractivity contribution is -0.138. The molecule has 3 N–H and O–H groups in total. The molecule has 2 aromatic heterocycles. The van der Waals surface area contributed by atoms with Crippen molar-refractivity contribution in [2.45, 2.75) is 6.04 Å². The SMILES string of the molecule is NC(C(=O)O)c1nccc(-c2ccncc2)n1. The van der Waals surface area contributed by atoms with Crippen molar-refractivity contribution < 1.29 is 9.90 Å². The van der Waals surface area contributed by atoms with Crippen LogP contribution in [0.1, 0.15) is 11.9 Å². The highest BCUT2D eigenvalue weighted by Gasteiger charge is 2.17. The van der Waals surface area contributed by atoms with Gasteiger partial charge in [0.05, 0.1) is 5.69 Å². The molecule has 2 heterocycles. The highest BCUT2D eigenvalue weighted by Crippen LogP contribution is 2.16. The van der Waals surface area contributed by atoms with Crippen LogP contribution in [0.15, 0.2) is 36.8 Å². The molecule has 0 radical (unpaired) electrons. The van der Waals surface area contributed by atoms with Crippen molar-refractivity contribution in [2.24, 2.45) is 5.73 Å². The first-order valence-corrected chi connectivity index (χ1v) is 4.90. The number of pyridine rings is 1. The summed E-state index contributed by atoms with van der Waals surface area (Å²) in [7, 11) is 0. The predicted molar refractivity (Wildman–Crippen MR) is 59.8 cm³/mol. The van der Waals surface area contributed by atoms with Gasteiger partial charge in [-0.2, -0.15) is 0 Å². The third-order valence-electron chi connectivity index (χ3n) is 2.19. The van der Waals surface area contributed by atoms with Gasteiger partial charge in [0.2, 0.25) is 0 Å². The minimum atomic E-state index is -1.21. The van der Waals surface area contributed by atoms with Crippen molar-refractivity contribution in [1.29, 1.82) is 0 Å². The molecule has 0 bridgehead atoms. The molecule has 0 fully saturated rings. The lowest BCUT2D eigenvalue weighted by Crippen LogP contribution is -2.23. The summed E-state index contributed by atoms with van der Waals surface area (Å²) in [6, 6.07) is 4.03. The molecule has 0 saturated carbocycles. The molecule has 0 aliphatic carbocycles. The van der Waals surface area contributed by atoms with Crippen molar-refractivity contribution in [3.8, 4) is 11.3 Å². The first kappa shape index (κ1) is 11.2. The maximum Gasteiger partial charge on any atom is 0.328 e. The number of hydrogen-bond donors (Lipinski definition) is 2. The van der Waals surface area contributed by atoms with Gasteiger partial charge in [-0.15, -0.1) is 0 Å². The van der Waals surface area contributed by atoms with E-state index in [1.807, 2.05) is 0 Å². The van der Waals surface area contributed by atoms with Gasteiger partial charge in [-0.1, -0.05) is 0 Å². The Morgan fingerprint density at radius 1 is 1.24 bits per heavy atom. The van der Waals surface area contributed by atoms with E-state index in [-0.39, 0.29) is 5.82 Å². The quantitative estimate of drug-likeness (QED) is 0.801. The first-order chi connectivity index (χ1) is 8.18. The van der Waals surface area contributed by atoms with Gasteiger partial charge in [-0.25, -0.2) is 9.97 Å². The van der Waals surface area contributed by atoms with Crippen LogP contribution in [0.5, 0.6) is 0 Å². The van der Waals surface area contributed by atoms with Gasteiger partial charge >= 0.3 is 5.97 Å². The van der Waals surface area contributed by atoms with E-state index in [1.54, 1.807) is 30.6 Å². The van der Waals surface area contributed by atoms with Crippen LogP contribution in [0, 0.1) is 0 Å². The number of aromatic nitrogens is 3. The fourth-order valence-electron chi connectivity index (χ4n) is 1.32. The second kappa shape index (κ2) is 4.67. The summed E-state index contributed by atoms with van der Waals surface area (Å²) in [6.07, 6.45) is 4.75. The topological polar surface area (TPSA) is 102 Å². The average molecular weight is 230 g/mol. The van der Waals surface area contributed by atoms with E-state index in [0.717, 1.165) is 5.56 Å². The summed E-state index contributed by atoms with van der Waals surface area (Å²) in [5, 5.41) is 8.78. The molecule has 17 heavy (non-hydrogen) atoms. The van der Waals surface area contributed by atoms with E-state index in [4.69, 9.17) is 10.8 Å². The normalized spacial score (nSPS) is 12.1. The molecule has 0 aliphatic rings. The van der Waals surface area contributed by atoms with Gasteiger partial charge in [-0.3, -0.25) is 9.78 Å². The number of aliphatic carboxylic acids is 1. The standard InChI is InChI=1S/C11H10N4O2/c12-9(11(16)17)10-14-6-3-8(15-10)7-1-4-13-5-2-7/h1-6,9H,12H2,(H,16,17). The van der Waals surface area contributed by atoms with Gasteiger partial charge in [-0.05, 0) is 18.2 Å². The zero-order chi connectivity index (χ0) is 12.3. The summed E-state index contributed by atoms with van der Waals surface area (Å²) in [4.78, 5) is 22.6. The van der Waals surface area contributed by atoms with Crippen LogP contribution in [-0.4, -0.2) is 26.0 Å². The number of rotatable bonds is 3. The third kappa shape index (κ3) is 2.43. The first-order valence-electron chi connectivity index (χ1n) is 4.90. The average Bonchev–Trinajstić information content (AvgIpc) is 2.39. The number of nitrogens with zero attached hydrogens (tertiary/aromatic N) is 3. The number of nitrogens with two attached hydrogens (primary N) is 1. The van der Waals surface area contributed by atoms with Crippen LogP contribution in [0.4, 0.5) is 0 Å². The molecule has 6 nitrogen and oxygen atoms in total. The molecular formula is C11H10N4O2. The van der Waals surface area contributed by atoms with Gasteiger partial charge in [0, 0.05) is 24.2 Å². The fraction of sp³-hybridized carbons (Fsp3) is 0.0909. The van der Waals surface area contributed by atoms with Crippen molar-refractivity contribution in [2.75, 3.05) is 0 Å². The molecule has 86 valence electrons. The Kier molecular flexibility index (Phi) is 3.06. The molecular weight excluding hydrogens is 220 g/mol. The molecule has 1 unspecified atom stereocenters. The molecule has 2 rings (SSSR count). The third-order valence-corrected chi connectivity index (χ3v) is 2.19. The molecule has 0 saturated heterocycles. The van der Waals surface area contributed by atoms with Gasteiger partial charge in [0.1, 0.15) is 0 Å². The molecule has 2 aromatic rings. The Balaban J connectivity index is 2.39. The highest BCUT2D eigenvalue weighted by molar-refractivity contribution is 5.74. The Morgan fingerprint density at radius 2 is 1.94 bits per heavy atom. The number of carboxylic acid groups (broad SMARTS) is 1. The zero-order valence-corrected chi connectivity index (χ0v) is 8.82. The molecule has 0 amide bonds. The highest BCUT2D eigenvalue weighted by atomic mass is 16.4. The molecule has 1 atom stereocenters. The van der Waals surface area contributed by atoms with Crippen molar-refractivity contribution >= 4 is 5.97 Å². The predicted octanol–water partition coefficient (Wildman–Crippen LogP) is 0.623. The summed E-state index contributed by atoms with van der Waals surface area (Å²) >= 11 is 0. The Morgan fingerprint density at radius 3 is 2.59 bits per heavy atom. The van der Waals surface area contributed by atoms with E-state index in [2.05, 4.69) is 15.0 Å². The maximum atomic E-state index is 10.7. The van der Waals surface area contributed by atoms with E-state index < -0.39 is 12.0 Å². The van der Waals surface area contributed by atoms with E-state index in [0.29, 0.717) is 5.69 Å². The van der Waals surface area contributed by atoms with Crippen LogP contribution in [0.25, 0.3) is 11.3 Å². The summed E-state index contributed by atoms with van der Waals surface area (Å²) in [6.45, 7) is 0. The summed E-state index contributed by atoms with van der Waals surface area (Å²) in [5.41, 5.74) is 6.90. The molecule has 6 heteroatoms. The largest absolute Gasteiger partial charge is 0.480 e. The maximum absolute atomic E-state index is 10.7. The molecule has 0 aliphatic heterocycles.